The lowest BCUT2D eigenvalue weighted by Crippen LogP contribution is -2.33. The molecule has 1 unspecified atom stereocenters. The molecule has 0 aliphatic carbocycles. The van der Waals surface area contributed by atoms with Gasteiger partial charge in [0.2, 0.25) is 0 Å². The molecule has 0 fully saturated rings. The third-order valence-corrected chi connectivity index (χ3v) is 4.19. The van der Waals surface area contributed by atoms with E-state index in [9.17, 15) is 13.2 Å². The molecule has 0 radical (unpaired) electrons. The molecule has 1 aromatic heterocycles. The molecule has 0 aromatic carbocycles. The third-order valence-electron chi connectivity index (χ3n) is 3.16. The van der Waals surface area contributed by atoms with Crippen molar-refractivity contribution < 1.29 is 13.2 Å². The van der Waals surface area contributed by atoms with Crippen LogP contribution in [0.15, 0.2) is 4.47 Å². The molecule has 0 bridgehead atoms. The zero-order valence-electron chi connectivity index (χ0n) is 12.0. The molecular formula is C13H21BrF3N3. The molecule has 0 amide bonds. The summed E-state index contributed by atoms with van der Waals surface area (Å²) in [6.07, 6.45) is -3.35. The van der Waals surface area contributed by atoms with Crippen LogP contribution in [-0.4, -0.2) is 28.5 Å². The van der Waals surface area contributed by atoms with E-state index in [1.54, 1.807) is 4.68 Å². The Bertz CT molecular complexity index is 429. The normalized spacial score (nSPS) is 13.8. The number of nitrogens with zero attached hydrogens (tertiary/aromatic N) is 2. The molecule has 20 heavy (non-hydrogen) atoms. The molecular weight excluding hydrogens is 335 g/mol. The Balaban J connectivity index is 2.73. The van der Waals surface area contributed by atoms with E-state index in [2.05, 4.69) is 26.3 Å². The Kier molecular flexibility index (Phi) is 6.51. The first kappa shape index (κ1) is 17.5. The van der Waals surface area contributed by atoms with Crippen LogP contribution >= 0.6 is 15.9 Å². The van der Waals surface area contributed by atoms with Gasteiger partial charge in [-0.3, -0.25) is 4.68 Å². The summed E-state index contributed by atoms with van der Waals surface area (Å²) in [6, 6.07) is -0.192. The van der Waals surface area contributed by atoms with Gasteiger partial charge < -0.3 is 5.32 Å². The van der Waals surface area contributed by atoms with E-state index in [0.29, 0.717) is 6.42 Å². The van der Waals surface area contributed by atoms with E-state index in [1.807, 2.05) is 20.9 Å². The largest absolute Gasteiger partial charge is 0.389 e. The molecule has 116 valence electrons. The molecule has 0 saturated heterocycles. The minimum atomic E-state index is -4.11. The van der Waals surface area contributed by atoms with E-state index >= 15 is 0 Å². The van der Waals surface area contributed by atoms with Crippen LogP contribution < -0.4 is 5.32 Å². The Morgan fingerprint density at radius 3 is 2.50 bits per heavy atom. The van der Waals surface area contributed by atoms with Crippen LogP contribution in [0.25, 0.3) is 0 Å². The number of hydrogen-bond donors (Lipinski definition) is 1. The summed E-state index contributed by atoms with van der Waals surface area (Å²) in [5.41, 5.74) is 1.78. The fourth-order valence-electron chi connectivity index (χ4n) is 2.10. The molecule has 1 N–H and O–H groups in total. The summed E-state index contributed by atoms with van der Waals surface area (Å²) < 4.78 is 39.8. The predicted molar refractivity (Wildman–Crippen MR) is 76.7 cm³/mol. The maximum atomic E-state index is 12.4. The van der Waals surface area contributed by atoms with Gasteiger partial charge >= 0.3 is 6.18 Å². The molecule has 1 atom stereocenters. The molecule has 1 rings (SSSR count). The highest BCUT2D eigenvalue weighted by molar-refractivity contribution is 9.10. The summed E-state index contributed by atoms with van der Waals surface area (Å²) in [5.74, 6) is 0. The maximum Gasteiger partial charge on any atom is 0.389 e. The molecule has 7 heteroatoms. The first-order chi connectivity index (χ1) is 9.24. The average Bonchev–Trinajstić information content (AvgIpc) is 2.57. The van der Waals surface area contributed by atoms with Gasteiger partial charge in [-0.1, -0.05) is 6.92 Å². The number of rotatable bonds is 7. The third kappa shape index (κ3) is 5.44. The standard InChI is InChI=1S/C13H21BrF3N3/c1-4-7-18-10(5-6-13(15,16)17)8-11-12(14)9(2)19-20(11)3/h10,18H,4-8H2,1-3H3. The first-order valence-corrected chi connectivity index (χ1v) is 7.52. The minimum Gasteiger partial charge on any atom is -0.314 e. The van der Waals surface area contributed by atoms with E-state index in [-0.39, 0.29) is 12.5 Å². The van der Waals surface area contributed by atoms with Gasteiger partial charge in [0.25, 0.3) is 0 Å². The highest BCUT2D eigenvalue weighted by atomic mass is 79.9. The number of alkyl halides is 3. The monoisotopic (exact) mass is 355 g/mol. The van der Waals surface area contributed by atoms with Crippen LogP contribution in [-0.2, 0) is 13.5 Å². The Labute approximate surface area is 126 Å². The van der Waals surface area contributed by atoms with Gasteiger partial charge in [-0.05, 0) is 42.2 Å². The second kappa shape index (κ2) is 7.45. The van der Waals surface area contributed by atoms with Crippen molar-refractivity contribution in [3.8, 4) is 0 Å². The fourth-order valence-corrected chi connectivity index (χ4v) is 2.60. The number of nitrogens with one attached hydrogen (secondary N) is 1. The second-order valence-corrected chi connectivity index (χ2v) is 5.77. The Morgan fingerprint density at radius 1 is 1.40 bits per heavy atom. The number of aryl methyl sites for hydroxylation is 2. The lowest BCUT2D eigenvalue weighted by atomic mass is 10.0. The van der Waals surface area contributed by atoms with E-state index in [4.69, 9.17) is 0 Å². The first-order valence-electron chi connectivity index (χ1n) is 6.72. The molecule has 0 spiro atoms. The predicted octanol–water partition coefficient (Wildman–Crippen LogP) is 3.74. The van der Waals surface area contributed by atoms with Crippen LogP contribution in [0.5, 0.6) is 0 Å². The van der Waals surface area contributed by atoms with E-state index in [0.717, 1.165) is 28.8 Å². The van der Waals surface area contributed by atoms with Crippen molar-refractivity contribution in [1.29, 1.82) is 0 Å². The van der Waals surface area contributed by atoms with Crippen molar-refractivity contribution in [3.63, 3.8) is 0 Å². The maximum absolute atomic E-state index is 12.4. The summed E-state index contributed by atoms with van der Waals surface area (Å²) in [7, 11) is 1.81. The zero-order valence-corrected chi connectivity index (χ0v) is 13.6. The van der Waals surface area contributed by atoms with Gasteiger partial charge in [0.05, 0.1) is 15.9 Å². The smallest absolute Gasteiger partial charge is 0.314 e. The van der Waals surface area contributed by atoms with E-state index in [1.165, 1.54) is 0 Å². The van der Waals surface area contributed by atoms with Gasteiger partial charge in [-0.15, -0.1) is 0 Å². The Morgan fingerprint density at radius 2 is 2.05 bits per heavy atom. The van der Waals surface area contributed by atoms with Crippen LogP contribution in [0.1, 0.15) is 37.6 Å². The van der Waals surface area contributed by atoms with Crippen LogP contribution in [0.3, 0.4) is 0 Å². The zero-order chi connectivity index (χ0) is 15.3. The van der Waals surface area contributed by atoms with E-state index < -0.39 is 12.6 Å². The highest BCUT2D eigenvalue weighted by Gasteiger charge is 2.28. The second-order valence-electron chi connectivity index (χ2n) is 4.98. The lowest BCUT2D eigenvalue weighted by Gasteiger charge is -2.19. The minimum absolute atomic E-state index is 0.0835. The van der Waals surface area contributed by atoms with Crippen LogP contribution in [0.4, 0.5) is 13.2 Å². The van der Waals surface area contributed by atoms with Gasteiger partial charge in [0, 0.05) is 25.9 Å². The summed E-state index contributed by atoms with van der Waals surface area (Å²) in [5, 5.41) is 7.46. The highest BCUT2D eigenvalue weighted by Crippen LogP contribution is 2.26. The average molecular weight is 356 g/mol. The van der Waals surface area contributed by atoms with Crippen molar-refractivity contribution >= 4 is 15.9 Å². The van der Waals surface area contributed by atoms with Crippen LogP contribution in [0, 0.1) is 6.92 Å². The van der Waals surface area contributed by atoms with Gasteiger partial charge in [0.15, 0.2) is 0 Å². The molecule has 0 saturated carbocycles. The summed E-state index contributed by atoms with van der Waals surface area (Å²) in [4.78, 5) is 0. The van der Waals surface area contributed by atoms with Crippen LogP contribution in [0.2, 0.25) is 0 Å². The van der Waals surface area contributed by atoms with Crippen molar-refractivity contribution in [2.45, 2.75) is 51.7 Å². The van der Waals surface area contributed by atoms with Crippen molar-refractivity contribution in [2.24, 2.45) is 7.05 Å². The number of hydrogen-bond acceptors (Lipinski definition) is 2. The number of halogens is 4. The summed E-state index contributed by atoms with van der Waals surface area (Å²) in [6.45, 7) is 4.59. The van der Waals surface area contributed by atoms with Crippen molar-refractivity contribution in [3.05, 3.63) is 15.9 Å². The SMILES string of the molecule is CCCNC(CCC(F)(F)F)Cc1c(Br)c(C)nn1C. The fraction of sp³-hybridized carbons (Fsp3) is 0.769. The van der Waals surface area contributed by atoms with Gasteiger partial charge in [-0.25, -0.2) is 0 Å². The van der Waals surface area contributed by atoms with Gasteiger partial charge in [-0.2, -0.15) is 18.3 Å². The topological polar surface area (TPSA) is 29.9 Å². The Hall–Kier alpha value is -0.560. The molecule has 0 aliphatic rings. The van der Waals surface area contributed by atoms with Crippen molar-refractivity contribution in [1.82, 2.24) is 15.1 Å². The molecule has 0 aliphatic heterocycles. The van der Waals surface area contributed by atoms with Gasteiger partial charge in [0.1, 0.15) is 0 Å². The molecule has 1 heterocycles. The lowest BCUT2D eigenvalue weighted by molar-refractivity contribution is -0.136. The molecule has 1 aromatic rings. The molecule has 3 nitrogen and oxygen atoms in total. The van der Waals surface area contributed by atoms with Crippen molar-refractivity contribution in [2.75, 3.05) is 6.54 Å². The number of aromatic nitrogens is 2. The quantitative estimate of drug-likeness (QED) is 0.807. The summed E-state index contributed by atoms with van der Waals surface area (Å²) >= 11 is 3.45.